The lowest BCUT2D eigenvalue weighted by Crippen LogP contribution is -2.46. The highest BCUT2D eigenvalue weighted by atomic mass is 16.5. The standard InChI is InChI=1S/C14H18N2O5/c1-7-10(13(17)18)4-9(20-7)6-15-14(19)16-11-5-8-2-3-12(11)21-8/h4,8,11-12H,2-3,5-6H2,1H3,(H,17,18)(H2,15,16,19). The summed E-state index contributed by atoms with van der Waals surface area (Å²) in [5, 5.41) is 14.5. The van der Waals surface area contributed by atoms with Crippen molar-refractivity contribution in [1.29, 1.82) is 0 Å². The first-order chi connectivity index (χ1) is 10.0. The van der Waals surface area contributed by atoms with Gasteiger partial charge in [-0.15, -0.1) is 0 Å². The summed E-state index contributed by atoms with van der Waals surface area (Å²) < 4.78 is 11.0. The number of carbonyl (C=O) groups is 2. The second-order valence-electron chi connectivity index (χ2n) is 5.53. The maximum Gasteiger partial charge on any atom is 0.339 e. The molecule has 2 bridgehead atoms. The average molecular weight is 294 g/mol. The molecule has 0 radical (unpaired) electrons. The quantitative estimate of drug-likeness (QED) is 0.779. The summed E-state index contributed by atoms with van der Waals surface area (Å²) in [4.78, 5) is 22.7. The molecule has 2 aliphatic rings. The Labute approximate surface area is 121 Å². The van der Waals surface area contributed by atoms with E-state index < -0.39 is 5.97 Å². The summed E-state index contributed by atoms with van der Waals surface area (Å²) in [6, 6.07) is 1.21. The Morgan fingerprint density at radius 1 is 1.43 bits per heavy atom. The monoisotopic (exact) mass is 294 g/mol. The van der Waals surface area contributed by atoms with Crippen LogP contribution in [0.3, 0.4) is 0 Å². The van der Waals surface area contributed by atoms with Crippen molar-refractivity contribution in [3.63, 3.8) is 0 Å². The molecule has 0 aromatic carbocycles. The second-order valence-corrected chi connectivity index (χ2v) is 5.53. The largest absolute Gasteiger partial charge is 0.478 e. The summed E-state index contributed by atoms with van der Waals surface area (Å²) in [7, 11) is 0. The van der Waals surface area contributed by atoms with E-state index in [1.165, 1.54) is 6.07 Å². The fourth-order valence-electron chi connectivity index (χ4n) is 3.02. The van der Waals surface area contributed by atoms with E-state index in [1.54, 1.807) is 6.92 Å². The van der Waals surface area contributed by atoms with Crippen molar-refractivity contribution in [2.75, 3.05) is 0 Å². The number of fused-ring (bicyclic) bond motifs is 2. The van der Waals surface area contributed by atoms with E-state index in [1.807, 2.05) is 0 Å². The van der Waals surface area contributed by atoms with Crippen LogP contribution in [0.15, 0.2) is 10.5 Å². The van der Waals surface area contributed by atoms with Gasteiger partial charge >= 0.3 is 12.0 Å². The van der Waals surface area contributed by atoms with Crippen LogP contribution in [0.4, 0.5) is 4.79 Å². The highest BCUT2D eigenvalue weighted by Gasteiger charge is 2.41. The molecule has 3 atom stereocenters. The van der Waals surface area contributed by atoms with Gasteiger partial charge in [0.2, 0.25) is 0 Å². The molecule has 114 valence electrons. The normalized spacial score (nSPS) is 26.8. The van der Waals surface area contributed by atoms with Gasteiger partial charge in [-0.2, -0.15) is 0 Å². The third kappa shape index (κ3) is 2.87. The number of rotatable bonds is 4. The molecule has 2 amide bonds. The smallest absolute Gasteiger partial charge is 0.339 e. The van der Waals surface area contributed by atoms with Gasteiger partial charge in [-0.25, -0.2) is 9.59 Å². The highest BCUT2D eigenvalue weighted by Crippen LogP contribution is 2.34. The fraction of sp³-hybridized carbons (Fsp3) is 0.571. The van der Waals surface area contributed by atoms with E-state index in [0.29, 0.717) is 11.5 Å². The Hall–Kier alpha value is -2.02. The molecule has 7 heteroatoms. The molecule has 3 rings (SSSR count). The molecule has 3 unspecified atom stereocenters. The van der Waals surface area contributed by atoms with Crippen LogP contribution in [-0.4, -0.2) is 35.4 Å². The summed E-state index contributed by atoms with van der Waals surface area (Å²) >= 11 is 0. The van der Waals surface area contributed by atoms with Crippen molar-refractivity contribution in [1.82, 2.24) is 10.6 Å². The van der Waals surface area contributed by atoms with Crippen molar-refractivity contribution in [2.24, 2.45) is 0 Å². The number of carboxylic acid groups (broad SMARTS) is 1. The van der Waals surface area contributed by atoms with Gasteiger partial charge in [0, 0.05) is 0 Å². The number of nitrogens with one attached hydrogen (secondary N) is 2. The minimum Gasteiger partial charge on any atom is -0.478 e. The van der Waals surface area contributed by atoms with Gasteiger partial charge in [0.05, 0.1) is 24.8 Å². The van der Waals surface area contributed by atoms with Gasteiger partial charge in [-0.05, 0) is 32.3 Å². The van der Waals surface area contributed by atoms with Gasteiger partial charge in [0.25, 0.3) is 0 Å². The predicted octanol–water partition coefficient (Wildman–Crippen LogP) is 1.41. The second kappa shape index (κ2) is 5.40. The van der Waals surface area contributed by atoms with Crippen LogP contribution in [0.25, 0.3) is 0 Å². The van der Waals surface area contributed by atoms with Gasteiger partial charge in [-0.3, -0.25) is 0 Å². The van der Waals surface area contributed by atoms with Crippen LogP contribution in [-0.2, 0) is 11.3 Å². The average Bonchev–Trinajstić information content (AvgIpc) is 3.11. The van der Waals surface area contributed by atoms with Crippen LogP contribution in [0, 0.1) is 6.92 Å². The molecule has 2 fully saturated rings. The van der Waals surface area contributed by atoms with E-state index >= 15 is 0 Å². The van der Waals surface area contributed by atoms with Crippen LogP contribution >= 0.6 is 0 Å². The Balaban J connectivity index is 1.49. The molecule has 1 aromatic rings. The van der Waals surface area contributed by atoms with Gasteiger partial charge in [0.1, 0.15) is 17.1 Å². The minimum absolute atomic E-state index is 0.0664. The van der Waals surface area contributed by atoms with Crippen LogP contribution < -0.4 is 10.6 Å². The number of hydrogen-bond acceptors (Lipinski definition) is 4. The maximum atomic E-state index is 11.8. The molecule has 3 heterocycles. The number of furan rings is 1. The first kappa shape index (κ1) is 13.9. The first-order valence-electron chi connectivity index (χ1n) is 7.05. The number of urea groups is 1. The lowest BCUT2D eigenvalue weighted by atomic mass is 9.96. The van der Waals surface area contributed by atoms with Crippen molar-refractivity contribution < 1.29 is 23.8 Å². The number of ether oxygens (including phenoxy) is 1. The molecule has 1 aromatic heterocycles. The van der Waals surface area contributed by atoms with Crippen LogP contribution in [0.2, 0.25) is 0 Å². The molecule has 3 N–H and O–H groups in total. The highest BCUT2D eigenvalue weighted by molar-refractivity contribution is 5.88. The summed E-state index contributed by atoms with van der Waals surface area (Å²) in [6.45, 7) is 1.74. The minimum atomic E-state index is -1.04. The Bertz CT molecular complexity index is 568. The van der Waals surface area contributed by atoms with Crippen LogP contribution in [0.1, 0.15) is 41.1 Å². The Morgan fingerprint density at radius 3 is 2.81 bits per heavy atom. The lowest BCUT2D eigenvalue weighted by molar-refractivity contribution is 0.0695. The van der Waals surface area contributed by atoms with Crippen LogP contribution in [0.5, 0.6) is 0 Å². The number of aromatic carboxylic acids is 1. The van der Waals surface area contributed by atoms with Gasteiger partial charge < -0.3 is 24.9 Å². The SMILES string of the molecule is Cc1oc(CNC(=O)NC2CC3CCC2O3)cc1C(=O)O. The fourth-order valence-corrected chi connectivity index (χ4v) is 3.02. The molecule has 2 aliphatic heterocycles. The number of hydrogen-bond donors (Lipinski definition) is 3. The predicted molar refractivity (Wildman–Crippen MR) is 72.1 cm³/mol. The Morgan fingerprint density at radius 2 is 2.24 bits per heavy atom. The maximum absolute atomic E-state index is 11.8. The molecular weight excluding hydrogens is 276 g/mol. The zero-order valence-corrected chi connectivity index (χ0v) is 11.7. The number of carboxylic acids is 1. The van der Waals surface area contributed by atoms with Gasteiger partial charge in [-0.1, -0.05) is 0 Å². The van der Waals surface area contributed by atoms with E-state index in [9.17, 15) is 9.59 Å². The summed E-state index contributed by atoms with van der Waals surface area (Å²) in [5.41, 5.74) is 0.119. The van der Waals surface area contributed by atoms with E-state index in [0.717, 1.165) is 19.3 Å². The van der Waals surface area contributed by atoms with Crippen molar-refractivity contribution in [3.05, 3.63) is 23.2 Å². The molecule has 7 nitrogen and oxygen atoms in total. The van der Waals surface area contributed by atoms with Gasteiger partial charge in [0.15, 0.2) is 0 Å². The third-order valence-electron chi connectivity index (χ3n) is 4.04. The van der Waals surface area contributed by atoms with Crippen molar-refractivity contribution in [2.45, 2.75) is 51.0 Å². The zero-order chi connectivity index (χ0) is 15.0. The van der Waals surface area contributed by atoms with E-state index in [4.69, 9.17) is 14.3 Å². The summed E-state index contributed by atoms with van der Waals surface area (Å²) in [6.07, 6.45) is 3.35. The number of aryl methyl sites for hydroxylation is 1. The number of carbonyl (C=O) groups excluding carboxylic acids is 1. The Kier molecular flexibility index (Phi) is 3.59. The molecule has 21 heavy (non-hydrogen) atoms. The van der Waals surface area contributed by atoms with Crippen molar-refractivity contribution >= 4 is 12.0 Å². The first-order valence-corrected chi connectivity index (χ1v) is 7.05. The topological polar surface area (TPSA) is 101 Å². The van der Waals surface area contributed by atoms with Crippen molar-refractivity contribution in [3.8, 4) is 0 Å². The summed E-state index contributed by atoms with van der Waals surface area (Å²) in [5.74, 6) is -0.281. The molecule has 2 saturated heterocycles. The van der Waals surface area contributed by atoms with E-state index in [2.05, 4.69) is 10.6 Å². The van der Waals surface area contributed by atoms with E-state index in [-0.39, 0.29) is 36.4 Å². The zero-order valence-electron chi connectivity index (χ0n) is 11.7. The molecule has 0 spiro atoms. The lowest BCUT2D eigenvalue weighted by Gasteiger charge is -2.20. The third-order valence-corrected chi connectivity index (χ3v) is 4.04. The molecule has 0 saturated carbocycles. The molecule has 0 aliphatic carbocycles. The molecular formula is C14H18N2O5. The number of amides is 2.